The van der Waals surface area contributed by atoms with E-state index in [9.17, 15) is 8.42 Å². The molecule has 1 aromatic rings. The van der Waals surface area contributed by atoms with Crippen molar-refractivity contribution in [2.24, 2.45) is 5.73 Å². The Morgan fingerprint density at radius 3 is 2.71 bits per heavy atom. The molecular formula is C12H20N2O4S3. The van der Waals surface area contributed by atoms with Gasteiger partial charge in [-0.05, 0) is 25.0 Å². The zero-order valence-electron chi connectivity index (χ0n) is 11.8. The van der Waals surface area contributed by atoms with Gasteiger partial charge in [0.2, 0.25) is 10.0 Å². The molecule has 0 aromatic carbocycles. The van der Waals surface area contributed by atoms with Gasteiger partial charge in [0, 0.05) is 20.3 Å². The average Bonchev–Trinajstić information content (AvgIpc) is 2.92. The summed E-state index contributed by atoms with van der Waals surface area (Å²) < 4.78 is 36.9. The van der Waals surface area contributed by atoms with Crippen LogP contribution in [0.5, 0.6) is 0 Å². The molecule has 0 atom stereocenters. The Balaban J connectivity index is 2.28. The van der Waals surface area contributed by atoms with Crippen molar-refractivity contribution in [2.45, 2.75) is 17.1 Å². The number of thiophene rings is 1. The van der Waals surface area contributed by atoms with E-state index < -0.39 is 10.0 Å². The van der Waals surface area contributed by atoms with Crippen molar-refractivity contribution in [2.75, 3.05) is 33.5 Å². The average molecular weight is 353 g/mol. The molecule has 0 aliphatic rings. The fraction of sp³-hybridized carbons (Fsp3) is 0.583. The second kappa shape index (κ2) is 9.44. The Hall–Kier alpha value is -0.580. The van der Waals surface area contributed by atoms with E-state index in [2.05, 4.69) is 4.72 Å². The van der Waals surface area contributed by atoms with Crippen molar-refractivity contribution in [3.8, 4) is 0 Å². The zero-order chi connectivity index (χ0) is 15.7. The molecular weight excluding hydrogens is 332 g/mol. The molecule has 0 aliphatic heterocycles. The number of methoxy groups -OCH3 is 1. The number of unbranched alkanes of at least 4 members (excludes halogenated alkanes) is 1. The smallest absolute Gasteiger partial charge is 0.250 e. The van der Waals surface area contributed by atoms with Crippen molar-refractivity contribution in [1.82, 2.24) is 4.72 Å². The predicted molar refractivity (Wildman–Crippen MR) is 87.3 cm³/mol. The third-order valence-corrected chi connectivity index (χ3v) is 5.95. The summed E-state index contributed by atoms with van der Waals surface area (Å²) in [5.41, 5.74) is 5.46. The quantitative estimate of drug-likeness (QED) is 0.458. The van der Waals surface area contributed by atoms with Crippen LogP contribution in [0.4, 0.5) is 0 Å². The van der Waals surface area contributed by atoms with E-state index in [1.165, 1.54) is 6.07 Å². The lowest BCUT2D eigenvalue weighted by Gasteiger charge is -2.05. The van der Waals surface area contributed by atoms with Gasteiger partial charge in [-0.3, -0.25) is 0 Å². The highest BCUT2D eigenvalue weighted by Crippen LogP contribution is 2.21. The van der Waals surface area contributed by atoms with Gasteiger partial charge in [-0.15, -0.1) is 11.3 Å². The number of ether oxygens (including phenoxy) is 2. The Labute approximate surface area is 134 Å². The first-order chi connectivity index (χ1) is 9.97. The van der Waals surface area contributed by atoms with Gasteiger partial charge in [0.05, 0.1) is 18.1 Å². The molecule has 0 unspecified atom stereocenters. The van der Waals surface area contributed by atoms with Crippen LogP contribution in [0.1, 0.15) is 17.7 Å². The lowest BCUT2D eigenvalue weighted by atomic mass is 10.3. The second-order valence-corrected chi connectivity index (χ2v) is 7.71. The summed E-state index contributed by atoms with van der Waals surface area (Å²) in [4.78, 5) is 0.798. The summed E-state index contributed by atoms with van der Waals surface area (Å²) in [6, 6.07) is 3.13. The van der Waals surface area contributed by atoms with Crippen LogP contribution in [0.15, 0.2) is 16.3 Å². The molecule has 0 aliphatic carbocycles. The Morgan fingerprint density at radius 2 is 2.10 bits per heavy atom. The van der Waals surface area contributed by atoms with Crippen LogP contribution in [0, 0.1) is 0 Å². The highest BCUT2D eigenvalue weighted by atomic mass is 32.2. The van der Waals surface area contributed by atoms with Gasteiger partial charge in [0.25, 0.3) is 0 Å². The van der Waals surface area contributed by atoms with E-state index in [-0.39, 0.29) is 9.20 Å². The molecule has 0 spiro atoms. The third kappa shape index (κ3) is 6.81. The fourth-order valence-electron chi connectivity index (χ4n) is 1.45. The molecule has 6 nitrogen and oxygen atoms in total. The number of sulfonamides is 1. The summed E-state index contributed by atoms with van der Waals surface area (Å²) in [5.74, 6) is 0. The van der Waals surface area contributed by atoms with Gasteiger partial charge in [0.1, 0.15) is 9.20 Å². The Kier molecular flexibility index (Phi) is 8.30. The van der Waals surface area contributed by atoms with Crippen LogP contribution in [0.25, 0.3) is 0 Å². The minimum Gasteiger partial charge on any atom is -0.389 e. The number of hydrogen-bond donors (Lipinski definition) is 2. The first-order valence-electron chi connectivity index (χ1n) is 6.43. The zero-order valence-corrected chi connectivity index (χ0v) is 14.3. The van der Waals surface area contributed by atoms with Gasteiger partial charge in [-0.25, -0.2) is 13.1 Å². The fourth-order valence-corrected chi connectivity index (χ4v) is 3.92. The summed E-state index contributed by atoms with van der Waals surface area (Å²) in [7, 11) is -1.87. The second-order valence-electron chi connectivity index (χ2n) is 4.19. The maximum atomic E-state index is 12.0. The molecule has 1 rings (SSSR count). The summed E-state index contributed by atoms with van der Waals surface area (Å²) in [6.45, 7) is 2.08. The van der Waals surface area contributed by atoms with E-state index in [1.54, 1.807) is 13.2 Å². The summed E-state index contributed by atoms with van der Waals surface area (Å²) >= 11 is 5.88. The van der Waals surface area contributed by atoms with E-state index in [1.807, 2.05) is 0 Å². The molecule has 120 valence electrons. The summed E-state index contributed by atoms with van der Waals surface area (Å²) in [6.07, 6.45) is 1.49. The van der Waals surface area contributed by atoms with Crippen molar-refractivity contribution >= 4 is 38.6 Å². The Morgan fingerprint density at radius 1 is 1.33 bits per heavy atom. The molecule has 0 saturated heterocycles. The van der Waals surface area contributed by atoms with Crippen LogP contribution in [-0.4, -0.2) is 46.9 Å². The van der Waals surface area contributed by atoms with Crippen molar-refractivity contribution in [3.05, 3.63) is 17.0 Å². The van der Waals surface area contributed by atoms with Crippen molar-refractivity contribution in [3.63, 3.8) is 0 Å². The standard InChI is InChI=1S/C12H20N2O4S3/c1-17-8-9-18-7-3-2-6-14-21(15,16)11-5-4-10(20-11)12(13)19/h4-5,14H,2-3,6-9H2,1H3,(H2,13,19). The number of thiocarbonyl (C=S) groups is 1. The Bertz CT molecular complexity index is 542. The number of nitrogens with one attached hydrogen (secondary N) is 1. The minimum atomic E-state index is -3.48. The van der Waals surface area contributed by atoms with Gasteiger partial charge < -0.3 is 15.2 Å². The van der Waals surface area contributed by atoms with Gasteiger partial charge in [-0.1, -0.05) is 12.2 Å². The molecule has 1 heterocycles. The maximum Gasteiger partial charge on any atom is 0.250 e. The largest absolute Gasteiger partial charge is 0.389 e. The van der Waals surface area contributed by atoms with Crippen LogP contribution >= 0.6 is 23.6 Å². The van der Waals surface area contributed by atoms with Gasteiger partial charge in [0.15, 0.2) is 0 Å². The van der Waals surface area contributed by atoms with Crippen molar-refractivity contribution in [1.29, 1.82) is 0 Å². The molecule has 9 heteroatoms. The molecule has 0 bridgehead atoms. The summed E-state index contributed by atoms with van der Waals surface area (Å²) in [5, 5.41) is 0. The van der Waals surface area contributed by atoms with E-state index in [0.717, 1.165) is 17.8 Å². The first kappa shape index (κ1) is 18.5. The number of rotatable bonds is 11. The third-order valence-electron chi connectivity index (χ3n) is 2.53. The minimum absolute atomic E-state index is 0.203. The van der Waals surface area contributed by atoms with Gasteiger partial charge in [-0.2, -0.15) is 0 Å². The molecule has 1 aromatic heterocycles. The molecule has 0 radical (unpaired) electrons. The van der Waals surface area contributed by atoms with Crippen LogP contribution in [0.3, 0.4) is 0 Å². The maximum absolute atomic E-state index is 12.0. The van der Waals surface area contributed by atoms with Gasteiger partial charge >= 0.3 is 0 Å². The SMILES string of the molecule is COCCOCCCCNS(=O)(=O)c1ccc(C(N)=S)s1. The molecule has 21 heavy (non-hydrogen) atoms. The number of hydrogen-bond acceptors (Lipinski definition) is 6. The van der Waals surface area contributed by atoms with Crippen molar-refractivity contribution < 1.29 is 17.9 Å². The molecule has 0 amide bonds. The first-order valence-corrected chi connectivity index (χ1v) is 9.14. The van der Waals surface area contributed by atoms with Crippen LogP contribution in [-0.2, 0) is 19.5 Å². The highest BCUT2D eigenvalue weighted by molar-refractivity contribution is 7.91. The van der Waals surface area contributed by atoms with Crippen LogP contribution in [0.2, 0.25) is 0 Å². The van der Waals surface area contributed by atoms with Crippen LogP contribution < -0.4 is 10.5 Å². The van der Waals surface area contributed by atoms with E-state index >= 15 is 0 Å². The topological polar surface area (TPSA) is 90.6 Å². The normalized spacial score (nSPS) is 11.7. The molecule has 0 saturated carbocycles. The monoisotopic (exact) mass is 352 g/mol. The lowest BCUT2D eigenvalue weighted by Crippen LogP contribution is -2.24. The number of nitrogens with two attached hydrogens (primary N) is 1. The molecule has 0 fully saturated rings. The predicted octanol–water partition coefficient (Wildman–Crippen LogP) is 1.10. The molecule has 3 N–H and O–H groups in total. The lowest BCUT2D eigenvalue weighted by molar-refractivity contribution is 0.0689. The highest BCUT2D eigenvalue weighted by Gasteiger charge is 2.16. The van der Waals surface area contributed by atoms with E-state index in [0.29, 0.717) is 37.7 Å². The van der Waals surface area contributed by atoms with E-state index in [4.69, 9.17) is 27.4 Å².